The third-order valence-corrected chi connectivity index (χ3v) is 3.99. The van der Waals surface area contributed by atoms with Crippen molar-refractivity contribution < 1.29 is 28.6 Å². The van der Waals surface area contributed by atoms with Crippen LogP contribution in [0.3, 0.4) is 0 Å². The predicted molar refractivity (Wildman–Crippen MR) is 68.5 cm³/mol. The highest BCUT2D eigenvalue weighted by Gasteiger charge is 2.58. The molecule has 1 fully saturated rings. The predicted octanol–water partition coefficient (Wildman–Crippen LogP) is 1.40. The third kappa shape index (κ3) is 3.02. The fraction of sp³-hybridized carbons (Fsp3) is 0.429. The van der Waals surface area contributed by atoms with Gasteiger partial charge >= 0.3 is 11.9 Å². The molecular weight excluding hydrogens is 284 g/mol. The molecule has 1 aromatic rings. The van der Waals surface area contributed by atoms with Gasteiger partial charge in [-0.15, -0.1) is 0 Å². The molecule has 4 N–H and O–H groups in total. The largest absolute Gasteiger partial charge is 0.481 e. The average molecular weight is 299 g/mol. The molecule has 3 atom stereocenters. The van der Waals surface area contributed by atoms with Gasteiger partial charge in [0.2, 0.25) is 0 Å². The summed E-state index contributed by atoms with van der Waals surface area (Å²) in [6, 6.07) is 3.02. The van der Waals surface area contributed by atoms with E-state index < -0.39 is 40.9 Å². The summed E-state index contributed by atoms with van der Waals surface area (Å²) in [6.07, 6.45) is 0.0844. The number of rotatable bonds is 6. The highest BCUT2D eigenvalue weighted by molar-refractivity contribution is 5.83. The fourth-order valence-corrected chi connectivity index (χ4v) is 2.55. The number of aliphatic carboxylic acids is 2. The molecule has 7 heteroatoms. The van der Waals surface area contributed by atoms with E-state index in [0.717, 1.165) is 6.07 Å². The molecule has 0 radical (unpaired) electrons. The van der Waals surface area contributed by atoms with Gasteiger partial charge in [0.25, 0.3) is 0 Å². The minimum absolute atomic E-state index is 0.00223. The Morgan fingerprint density at radius 3 is 2.48 bits per heavy atom. The fourth-order valence-electron chi connectivity index (χ4n) is 2.55. The van der Waals surface area contributed by atoms with Gasteiger partial charge in [0.1, 0.15) is 17.2 Å². The van der Waals surface area contributed by atoms with Crippen molar-refractivity contribution in [3.63, 3.8) is 0 Å². The Morgan fingerprint density at radius 2 is 2.00 bits per heavy atom. The summed E-state index contributed by atoms with van der Waals surface area (Å²) >= 11 is 0. The van der Waals surface area contributed by atoms with E-state index in [2.05, 4.69) is 0 Å². The number of carbonyl (C=O) groups is 2. The zero-order chi connectivity index (χ0) is 15.8. The maximum atomic E-state index is 13.5. The summed E-state index contributed by atoms with van der Waals surface area (Å²) in [4.78, 5) is 22.2. The van der Waals surface area contributed by atoms with Crippen LogP contribution in [0.2, 0.25) is 0 Å². The van der Waals surface area contributed by atoms with Crippen LogP contribution in [-0.4, -0.2) is 27.7 Å². The number of halogens is 2. The Kier molecular flexibility index (Phi) is 3.95. The molecule has 1 aliphatic carbocycles. The molecule has 0 amide bonds. The molecule has 114 valence electrons. The van der Waals surface area contributed by atoms with Gasteiger partial charge in [-0.2, -0.15) is 0 Å². The molecular formula is C14H15F2NO4. The van der Waals surface area contributed by atoms with Crippen LogP contribution in [-0.2, 0) is 16.0 Å². The van der Waals surface area contributed by atoms with E-state index in [0.29, 0.717) is 6.07 Å². The Morgan fingerprint density at radius 1 is 1.33 bits per heavy atom. The SMILES string of the molecule is NC(CCc1ccc(F)cc1F)(C(=O)O)[C@H]1C[C@@H]1C(=O)O. The molecule has 1 aromatic carbocycles. The molecule has 21 heavy (non-hydrogen) atoms. The third-order valence-electron chi connectivity index (χ3n) is 3.99. The lowest BCUT2D eigenvalue weighted by molar-refractivity contribution is -0.145. The zero-order valence-electron chi connectivity index (χ0n) is 11.1. The van der Waals surface area contributed by atoms with Crippen molar-refractivity contribution in [1.82, 2.24) is 0 Å². The molecule has 2 rings (SSSR count). The van der Waals surface area contributed by atoms with Gasteiger partial charge in [-0.3, -0.25) is 9.59 Å². The first-order valence-electron chi connectivity index (χ1n) is 6.44. The van der Waals surface area contributed by atoms with Crippen LogP contribution in [0.25, 0.3) is 0 Å². The van der Waals surface area contributed by atoms with Crippen LogP contribution in [0.15, 0.2) is 18.2 Å². The molecule has 0 aromatic heterocycles. The lowest BCUT2D eigenvalue weighted by Crippen LogP contribution is -2.51. The molecule has 0 heterocycles. The average Bonchev–Trinajstić information content (AvgIpc) is 3.17. The van der Waals surface area contributed by atoms with Crippen LogP contribution in [0.1, 0.15) is 18.4 Å². The highest BCUT2D eigenvalue weighted by Crippen LogP contribution is 2.47. The van der Waals surface area contributed by atoms with Crippen LogP contribution in [0, 0.1) is 23.5 Å². The molecule has 0 aliphatic heterocycles. The minimum Gasteiger partial charge on any atom is -0.481 e. The van der Waals surface area contributed by atoms with Gasteiger partial charge in [-0.1, -0.05) is 6.07 Å². The van der Waals surface area contributed by atoms with Crippen molar-refractivity contribution in [2.45, 2.75) is 24.8 Å². The summed E-state index contributed by atoms with van der Waals surface area (Å²) in [5, 5.41) is 18.1. The van der Waals surface area contributed by atoms with Crippen molar-refractivity contribution in [3.8, 4) is 0 Å². The summed E-state index contributed by atoms with van der Waals surface area (Å²) in [7, 11) is 0. The molecule has 0 saturated heterocycles. The summed E-state index contributed by atoms with van der Waals surface area (Å²) in [6.45, 7) is 0. The standard InChI is InChI=1S/C14H15F2NO4/c15-8-2-1-7(11(16)5-8)3-4-14(17,13(20)21)10-6-9(10)12(18)19/h1-2,5,9-10H,3-4,6,17H2,(H,18,19)(H,20,21)/t9-,10-,14?/m0/s1. The first-order chi connectivity index (χ1) is 9.75. The molecule has 1 unspecified atom stereocenters. The van der Waals surface area contributed by atoms with E-state index in [9.17, 15) is 23.5 Å². The van der Waals surface area contributed by atoms with Crippen molar-refractivity contribution in [2.24, 2.45) is 17.6 Å². The number of carboxylic acid groups (broad SMARTS) is 2. The van der Waals surface area contributed by atoms with E-state index in [4.69, 9.17) is 10.8 Å². The Balaban J connectivity index is 2.11. The van der Waals surface area contributed by atoms with Gasteiger partial charge in [-0.05, 0) is 30.9 Å². The lowest BCUT2D eigenvalue weighted by atomic mass is 9.86. The summed E-state index contributed by atoms with van der Waals surface area (Å²) in [5.41, 5.74) is 4.28. The molecule has 5 nitrogen and oxygen atoms in total. The van der Waals surface area contributed by atoms with Crippen molar-refractivity contribution in [2.75, 3.05) is 0 Å². The maximum Gasteiger partial charge on any atom is 0.324 e. The van der Waals surface area contributed by atoms with Gasteiger partial charge in [0.05, 0.1) is 5.92 Å². The topological polar surface area (TPSA) is 101 Å². The van der Waals surface area contributed by atoms with Gasteiger partial charge < -0.3 is 15.9 Å². The minimum atomic E-state index is -1.72. The monoisotopic (exact) mass is 299 g/mol. The first-order valence-corrected chi connectivity index (χ1v) is 6.44. The summed E-state index contributed by atoms with van der Waals surface area (Å²) < 4.78 is 26.3. The number of aryl methyl sites for hydroxylation is 1. The maximum absolute atomic E-state index is 13.5. The number of nitrogens with two attached hydrogens (primary N) is 1. The van der Waals surface area contributed by atoms with Crippen LogP contribution in [0.4, 0.5) is 8.78 Å². The summed E-state index contributed by atoms with van der Waals surface area (Å²) in [5.74, 6) is -5.32. The smallest absolute Gasteiger partial charge is 0.324 e. The number of benzene rings is 1. The Bertz CT molecular complexity index is 592. The first kappa shape index (κ1) is 15.4. The molecule has 0 spiro atoms. The quantitative estimate of drug-likeness (QED) is 0.737. The highest BCUT2D eigenvalue weighted by atomic mass is 19.1. The van der Waals surface area contributed by atoms with Crippen LogP contribution in [0.5, 0.6) is 0 Å². The second-order valence-electron chi connectivity index (χ2n) is 5.37. The van der Waals surface area contributed by atoms with Crippen LogP contribution >= 0.6 is 0 Å². The van der Waals surface area contributed by atoms with E-state index in [1.165, 1.54) is 6.07 Å². The normalized spacial score (nSPS) is 23.4. The number of carboxylic acids is 2. The van der Waals surface area contributed by atoms with E-state index >= 15 is 0 Å². The molecule has 1 saturated carbocycles. The van der Waals surface area contributed by atoms with E-state index in [-0.39, 0.29) is 24.8 Å². The van der Waals surface area contributed by atoms with E-state index in [1.54, 1.807) is 0 Å². The van der Waals surface area contributed by atoms with Gasteiger partial charge in [0, 0.05) is 12.0 Å². The Hall–Kier alpha value is -2.02. The lowest BCUT2D eigenvalue weighted by Gasteiger charge is -2.25. The van der Waals surface area contributed by atoms with Crippen molar-refractivity contribution in [1.29, 1.82) is 0 Å². The van der Waals surface area contributed by atoms with E-state index in [1.807, 2.05) is 0 Å². The van der Waals surface area contributed by atoms with Gasteiger partial charge in [0.15, 0.2) is 0 Å². The van der Waals surface area contributed by atoms with Crippen molar-refractivity contribution in [3.05, 3.63) is 35.4 Å². The zero-order valence-corrected chi connectivity index (χ0v) is 11.1. The molecule has 0 bridgehead atoms. The van der Waals surface area contributed by atoms with Crippen molar-refractivity contribution >= 4 is 11.9 Å². The molecule has 1 aliphatic rings. The number of hydrogen-bond donors (Lipinski definition) is 3. The Labute approximate surface area is 119 Å². The van der Waals surface area contributed by atoms with Gasteiger partial charge in [-0.25, -0.2) is 8.78 Å². The second-order valence-corrected chi connectivity index (χ2v) is 5.37. The number of hydrogen-bond acceptors (Lipinski definition) is 3. The second kappa shape index (κ2) is 5.40. The van der Waals surface area contributed by atoms with Crippen LogP contribution < -0.4 is 5.73 Å².